The van der Waals surface area contributed by atoms with Crippen molar-refractivity contribution in [3.05, 3.63) is 103 Å². The molecule has 3 rings (SSSR count). The first kappa shape index (κ1) is 21.1. The van der Waals surface area contributed by atoms with Gasteiger partial charge >= 0.3 is 5.97 Å². The predicted molar refractivity (Wildman–Crippen MR) is 111 cm³/mol. The van der Waals surface area contributed by atoms with Crippen LogP contribution in [0.15, 0.2) is 103 Å². The molecule has 0 aliphatic heterocycles. The number of hydrogen-bond donors (Lipinski definition) is 1. The molecule has 4 heteroatoms. The van der Waals surface area contributed by atoms with Crippen molar-refractivity contribution >= 4 is 29.1 Å². The number of rotatable bonds is 7. The number of halogens is 1. The summed E-state index contributed by atoms with van der Waals surface area (Å²) in [5, 5.41) is 12.9. The van der Waals surface area contributed by atoms with Crippen molar-refractivity contribution in [1.29, 1.82) is 0 Å². The van der Waals surface area contributed by atoms with Gasteiger partial charge in [-0.1, -0.05) is 60.7 Å². The first-order valence-corrected chi connectivity index (χ1v) is 10.6. The van der Waals surface area contributed by atoms with Gasteiger partial charge in [-0.05, 0) is 42.5 Å². The summed E-state index contributed by atoms with van der Waals surface area (Å²) in [4.78, 5) is 10.9. The number of carbonyl (C=O) groups is 1. The number of aliphatic carboxylic acids is 1. The average molecular weight is 441 g/mol. The second-order valence-corrected chi connectivity index (χ2v) is 9.60. The Balaban J connectivity index is 0.00000261. The van der Waals surface area contributed by atoms with Gasteiger partial charge in [0.05, 0.1) is 12.6 Å². The van der Waals surface area contributed by atoms with E-state index in [9.17, 15) is 4.79 Å². The molecular weight excluding hydrogens is 419 g/mol. The fourth-order valence-corrected chi connectivity index (χ4v) is 7.26. The van der Waals surface area contributed by atoms with Crippen LogP contribution in [0.2, 0.25) is 0 Å². The van der Waals surface area contributed by atoms with Gasteiger partial charge in [0.15, 0.2) is 0 Å². The Bertz CT molecular complexity index is 768. The van der Waals surface area contributed by atoms with Crippen LogP contribution in [0, 0.1) is 0 Å². The van der Waals surface area contributed by atoms with E-state index in [1.54, 1.807) is 6.08 Å². The minimum absolute atomic E-state index is 0. The molecule has 27 heavy (non-hydrogen) atoms. The molecule has 0 aliphatic carbocycles. The molecule has 138 valence electrons. The van der Waals surface area contributed by atoms with Crippen molar-refractivity contribution in [1.82, 2.24) is 0 Å². The lowest BCUT2D eigenvalue weighted by atomic mass is 10.3. The molecule has 0 radical (unpaired) electrons. The smallest absolute Gasteiger partial charge is 0.307 e. The third-order valence-electron chi connectivity index (χ3n) is 4.43. The molecule has 0 saturated carbocycles. The van der Waals surface area contributed by atoms with E-state index >= 15 is 0 Å². The Morgan fingerprint density at radius 1 is 0.704 bits per heavy atom. The number of hydrogen-bond acceptors (Lipinski definition) is 1. The quantitative estimate of drug-likeness (QED) is 0.439. The fraction of sp³-hybridized carbons (Fsp3) is 0.0870. The summed E-state index contributed by atoms with van der Waals surface area (Å²) in [6.07, 6.45) is 4.66. The van der Waals surface area contributed by atoms with E-state index in [1.807, 2.05) is 24.3 Å². The Morgan fingerprint density at radius 2 is 1.07 bits per heavy atom. The second kappa shape index (κ2) is 10.2. The van der Waals surface area contributed by atoms with Crippen molar-refractivity contribution in [2.75, 3.05) is 6.16 Å². The minimum atomic E-state index is -1.89. The highest BCUT2D eigenvalue weighted by Crippen LogP contribution is 2.55. The van der Waals surface area contributed by atoms with E-state index in [-0.39, 0.29) is 23.4 Å². The number of allylic oxidation sites excluding steroid dienone is 1. The molecule has 0 aliphatic rings. The third-order valence-corrected chi connectivity index (χ3v) is 8.73. The van der Waals surface area contributed by atoms with Crippen LogP contribution in [0.1, 0.15) is 6.42 Å². The van der Waals surface area contributed by atoms with Gasteiger partial charge < -0.3 is 22.1 Å². The molecule has 3 aromatic carbocycles. The maximum absolute atomic E-state index is 10.9. The molecule has 0 atom stereocenters. The van der Waals surface area contributed by atoms with Crippen molar-refractivity contribution in [2.24, 2.45) is 0 Å². The first-order chi connectivity index (χ1) is 12.7. The largest absolute Gasteiger partial charge is 1.00 e. The SMILES string of the molecule is O=C(O)CC=CC[P+](c1ccccc1)(c1ccccc1)c1ccccc1.[Br-]. The highest BCUT2D eigenvalue weighted by molar-refractivity contribution is 7.95. The molecule has 0 aromatic heterocycles. The zero-order chi connectivity index (χ0) is 18.2. The molecule has 0 bridgehead atoms. The molecule has 0 heterocycles. The van der Waals surface area contributed by atoms with Crippen LogP contribution >= 0.6 is 7.26 Å². The van der Waals surface area contributed by atoms with E-state index in [4.69, 9.17) is 5.11 Å². The van der Waals surface area contributed by atoms with E-state index < -0.39 is 13.2 Å². The van der Waals surface area contributed by atoms with E-state index in [1.165, 1.54) is 15.9 Å². The first-order valence-electron chi connectivity index (χ1n) is 8.65. The van der Waals surface area contributed by atoms with Crippen LogP contribution < -0.4 is 32.9 Å². The number of carboxylic acids is 1. The Hall–Kier alpha value is -2.22. The monoisotopic (exact) mass is 440 g/mol. The van der Waals surface area contributed by atoms with Gasteiger partial charge in [-0.25, -0.2) is 0 Å². The van der Waals surface area contributed by atoms with E-state index in [2.05, 4.69) is 72.8 Å². The molecule has 0 unspecified atom stereocenters. The highest BCUT2D eigenvalue weighted by Gasteiger charge is 2.43. The Labute approximate surface area is 171 Å². The van der Waals surface area contributed by atoms with Crippen LogP contribution in [0.25, 0.3) is 0 Å². The molecular formula is C23H22BrO2P. The molecule has 0 saturated heterocycles. The summed E-state index contributed by atoms with van der Waals surface area (Å²) >= 11 is 0. The van der Waals surface area contributed by atoms with Crippen molar-refractivity contribution in [3.8, 4) is 0 Å². The standard InChI is InChI=1S/C23H21O2P.BrH/c24-23(25)18-10-11-19-26(20-12-4-1-5-13-20,21-14-6-2-7-15-21)22-16-8-3-9-17-22;/h1-17H,18-19H2;1H. The van der Waals surface area contributed by atoms with E-state index in [0.29, 0.717) is 0 Å². The maximum atomic E-state index is 10.9. The van der Waals surface area contributed by atoms with Crippen molar-refractivity contribution in [3.63, 3.8) is 0 Å². The third kappa shape index (κ3) is 4.94. The molecule has 2 nitrogen and oxygen atoms in total. The summed E-state index contributed by atoms with van der Waals surface area (Å²) < 4.78 is 0. The number of carboxylic acid groups (broad SMARTS) is 1. The minimum Gasteiger partial charge on any atom is -1.00 e. The van der Waals surface area contributed by atoms with Gasteiger partial charge in [-0.15, -0.1) is 0 Å². The summed E-state index contributed by atoms with van der Waals surface area (Å²) in [6.45, 7) is 0. The van der Waals surface area contributed by atoms with Gasteiger partial charge in [0.2, 0.25) is 0 Å². The van der Waals surface area contributed by atoms with Crippen LogP contribution in [0.3, 0.4) is 0 Å². The van der Waals surface area contributed by atoms with Gasteiger partial charge in [0.25, 0.3) is 0 Å². The lowest BCUT2D eigenvalue weighted by molar-refractivity contribution is -0.136. The van der Waals surface area contributed by atoms with Crippen molar-refractivity contribution in [2.45, 2.75) is 6.42 Å². The summed E-state index contributed by atoms with van der Waals surface area (Å²) in [6, 6.07) is 31.7. The molecule has 3 aromatic rings. The average Bonchev–Trinajstić information content (AvgIpc) is 2.70. The maximum Gasteiger partial charge on any atom is 0.307 e. The van der Waals surface area contributed by atoms with Crippen LogP contribution in [0.5, 0.6) is 0 Å². The molecule has 0 amide bonds. The summed E-state index contributed by atoms with van der Waals surface area (Å²) in [7, 11) is -1.89. The van der Waals surface area contributed by atoms with Crippen LogP contribution in [-0.4, -0.2) is 17.2 Å². The lowest BCUT2D eigenvalue weighted by Gasteiger charge is -2.26. The van der Waals surface area contributed by atoms with E-state index in [0.717, 1.165) is 6.16 Å². The molecule has 0 fully saturated rings. The molecule has 0 spiro atoms. The predicted octanol–water partition coefficient (Wildman–Crippen LogP) is 1.02. The second-order valence-electron chi connectivity index (χ2n) is 6.07. The van der Waals surface area contributed by atoms with Crippen LogP contribution in [0.4, 0.5) is 0 Å². The highest BCUT2D eigenvalue weighted by atomic mass is 79.9. The van der Waals surface area contributed by atoms with Gasteiger partial charge in [-0.3, -0.25) is 4.79 Å². The van der Waals surface area contributed by atoms with Gasteiger partial charge in [0.1, 0.15) is 23.2 Å². The fourth-order valence-electron chi connectivity index (χ4n) is 3.23. The topological polar surface area (TPSA) is 37.3 Å². The van der Waals surface area contributed by atoms with Crippen LogP contribution in [-0.2, 0) is 4.79 Å². The van der Waals surface area contributed by atoms with Crippen molar-refractivity contribution < 1.29 is 26.9 Å². The summed E-state index contributed by atoms with van der Waals surface area (Å²) in [5.41, 5.74) is 0. The van der Waals surface area contributed by atoms with Gasteiger partial charge in [0, 0.05) is 0 Å². The summed E-state index contributed by atoms with van der Waals surface area (Å²) in [5.74, 6) is -0.802. The Kier molecular flexibility index (Phi) is 7.97. The normalized spacial score (nSPS) is 11.1. The Morgan fingerprint density at radius 3 is 1.41 bits per heavy atom. The lowest BCUT2D eigenvalue weighted by Crippen LogP contribution is -3.00. The number of benzene rings is 3. The van der Waals surface area contributed by atoms with Gasteiger partial charge in [-0.2, -0.15) is 0 Å². The zero-order valence-electron chi connectivity index (χ0n) is 14.9. The molecule has 1 N–H and O–H groups in total. The zero-order valence-corrected chi connectivity index (χ0v) is 17.4.